The number of thiazole rings is 1. The van der Waals surface area contributed by atoms with E-state index in [1.165, 1.54) is 11.3 Å². The Balaban J connectivity index is 1.77. The van der Waals surface area contributed by atoms with Crippen molar-refractivity contribution in [2.45, 2.75) is 6.42 Å². The predicted octanol–water partition coefficient (Wildman–Crippen LogP) is 3.63. The van der Waals surface area contributed by atoms with Crippen LogP contribution in [0.2, 0.25) is 0 Å². The maximum atomic E-state index is 12.1. The quantitative estimate of drug-likeness (QED) is 0.685. The number of carbonyl (C=O) groups is 1. The summed E-state index contributed by atoms with van der Waals surface area (Å²) in [5.74, 6) is 0.0865. The van der Waals surface area contributed by atoms with Gasteiger partial charge in [-0.3, -0.25) is 9.78 Å². The summed E-state index contributed by atoms with van der Waals surface area (Å²) >= 11 is 1.51. The molecule has 0 saturated heterocycles. The van der Waals surface area contributed by atoms with Gasteiger partial charge in [-0.1, -0.05) is 36.4 Å². The van der Waals surface area contributed by atoms with Crippen LogP contribution in [0.1, 0.15) is 16.1 Å². The molecule has 0 fully saturated rings. The van der Waals surface area contributed by atoms with Gasteiger partial charge in [0.25, 0.3) is 0 Å². The number of ketones is 1. The zero-order valence-corrected chi connectivity index (χ0v) is 11.5. The molecule has 0 saturated carbocycles. The SMILES string of the molecule is O=C(Cc1csc(-c2ccccn2)n1)c1ccccc1. The fourth-order valence-electron chi connectivity index (χ4n) is 1.89. The summed E-state index contributed by atoms with van der Waals surface area (Å²) in [6.45, 7) is 0. The van der Waals surface area contributed by atoms with Crippen molar-refractivity contribution in [1.29, 1.82) is 0 Å². The minimum Gasteiger partial charge on any atom is -0.294 e. The van der Waals surface area contributed by atoms with Crippen molar-refractivity contribution in [3.05, 3.63) is 71.4 Å². The molecule has 0 spiro atoms. The van der Waals surface area contributed by atoms with Gasteiger partial charge >= 0.3 is 0 Å². The van der Waals surface area contributed by atoms with Gasteiger partial charge in [-0.2, -0.15) is 0 Å². The summed E-state index contributed by atoms with van der Waals surface area (Å²) in [4.78, 5) is 20.9. The van der Waals surface area contributed by atoms with Crippen LogP contribution in [0.15, 0.2) is 60.1 Å². The number of carbonyl (C=O) groups excluding carboxylic acids is 1. The van der Waals surface area contributed by atoms with E-state index in [0.717, 1.165) is 22.0 Å². The highest BCUT2D eigenvalue weighted by atomic mass is 32.1. The molecule has 3 aromatic rings. The molecule has 1 aromatic carbocycles. The van der Waals surface area contributed by atoms with Gasteiger partial charge in [-0.05, 0) is 12.1 Å². The second-order valence-corrected chi connectivity index (χ2v) is 5.18. The number of pyridine rings is 1. The van der Waals surface area contributed by atoms with Crippen LogP contribution in [0, 0.1) is 0 Å². The Morgan fingerprint density at radius 1 is 1.05 bits per heavy atom. The molecule has 0 bridgehead atoms. The van der Waals surface area contributed by atoms with Crippen LogP contribution in [0.25, 0.3) is 10.7 Å². The van der Waals surface area contributed by atoms with Crippen LogP contribution in [-0.4, -0.2) is 15.8 Å². The van der Waals surface area contributed by atoms with Crippen LogP contribution in [0.5, 0.6) is 0 Å². The van der Waals surface area contributed by atoms with E-state index in [9.17, 15) is 4.79 Å². The highest BCUT2D eigenvalue weighted by Gasteiger charge is 2.10. The highest BCUT2D eigenvalue weighted by Crippen LogP contribution is 2.22. The summed E-state index contributed by atoms with van der Waals surface area (Å²) < 4.78 is 0. The van der Waals surface area contributed by atoms with Gasteiger partial charge in [-0.25, -0.2) is 4.98 Å². The summed E-state index contributed by atoms with van der Waals surface area (Å²) in [6.07, 6.45) is 2.07. The Bertz CT molecular complexity index is 708. The number of benzene rings is 1. The maximum Gasteiger partial charge on any atom is 0.168 e. The molecule has 4 heteroatoms. The van der Waals surface area contributed by atoms with Crippen molar-refractivity contribution in [3.63, 3.8) is 0 Å². The molecular weight excluding hydrogens is 268 g/mol. The average molecular weight is 280 g/mol. The molecule has 0 aliphatic heterocycles. The molecular formula is C16H12N2OS. The van der Waals surface area contributed by atoms with E-state index < -0.39 is 0 Å². The van der Waals surface area contributed by atoms with Crippen molar-refractivity contribution in [2.24, 2.45) is 0 Å². The zero-order chi connectivity index (χ0) is 13.8. The van der Waals surface area contributed by atoms with Crippen molar-refractivity contribution < 1.29 is 4.79 Å². The van der Waals surface area contributed by atoms with Crippen molar-refractivity contribution in [3.8, 4) is 10.7 Å². The van der Waals surface area contributed by atoms with Crippen molar-refractivity contribution >= 4 is 17.1 Å². The fourth-order valence-corrected chi connectivity index (χ4v) is 2.68. The lowest BCUT2D eigenvalue weighted by Crippen LogP contribution is -2.03. The first-order chi connectivity index (χ1) is 9.83. The second kappa shape index (κ2) is 5.75. The number of nitrogens with zero attached hydrogens (tertiary/aromatic N) is 2. The van der Waals surface area contributed by atoms with E-state index in [-0.39, 0.29) is 5.78 Å². The number of hydrogen-bond donors (Lipinski definition) is 0. The van der Waals surface area contributed by atoms with Crippen LogP contribution in [0.3, 0.4) is 0 Å². The van der Waals surface area contributed by atoms with E-state index in [0.29, 0.717) is 6.42 Å². The molecule has 20 heavy (non-hydrogen) atoms. The summed E-state index contributed by atoms with van der Waals surface area (Å²) in [7, 11) is 0. The van der Waals surface area contributed by atoms with E-state index in [4.69, 9.17) is 0 Å². The third kappa shape index (κ3) is 2.81. The summed E-state index contributed by atoms with van der Waals surface area (Å²) in [5, 5.41) is 2.77. The van der Waals surface area contributed by atoms with Gasteiger partial charge in [0.15, 0.2) is 5.78 Å². The topological polar surface area (TPSA) is 42.9 Å². The second-order valence-electron chi connectivity index (χ2n) is 4.32. The molecule has 0 atom stereocenters. The average Bonchev–Trinajstić information content (AvgIpc) is 2.97. The third-order valence-electron chi connectivity index (χ3n) is 2.87. The predicted molar refractivity (Wildman–Crippen MR) is 79.8 cm³/mol. The van der Waals surface area contributed by atoms with Crippen molar-refractivity contribution in [1.82, 2.24) is 9.97 Å². The number of aromatic nitrogens is 2. The molecule has 0 aliphatic carbocycles. The van der Waals surface area contributed by atoms with Crippen LogP contribution in [0.4, 0.5) is 0 Å². The van der Waals surface area contributed by atoms with Crippen LogP contribution >= 0.6 is 11.3 Å². The standard InChI is InChI=1S/C16H12N2OS/c19-15(12-6-2-1-3-7-12)10-13-11-20-16(18-13)14-8-4-5-9-17-14/h1-9,11H,10H2. The monoisotopic (exact) mass is 280 g/mol. The molecule has 0 unspecified atom stereocenters. The largest absolute Gasteiger partial charge is 0.294 e. The minimum absolute atomic E-state index is 0.0865. The Kier molecular flexibility index (Phi) is 3.65. The van der Waals surface area contributed by atoms with Gasteiger partial charge in [0, 0.05) is 17.1 Å². The molecule has 2 aromatic heterocycles. The van der Waals surface area contributed by atoms with E-state index in [1.54, 1.807) is 6.20 Å². The summed E-state index contributed by atoms with van der Waals surface area (Å²) in [5.41, 5.74) is 2.36. The molecule has 0 aliphatic rings. The van der Waals surface area contributed by atoms with Crippen LogP contribution < -0.4 is 0 Å². The highest BCUT2D eigenvalue weighted by molar-refractivity contribution is 7.13. The lowest BCUT2D eigenvalue weighted by atomic mass is 10.1. The van der Waals surface area contributed by atoms with E-state index >= 15 is 0 Å². The van der Waals surface area contributed by atoms with E-state index in [2.05, 4.69) is 9.97 Å². The first kappa shape index (κ1) is 12.7. The Hall–Kier alpha value is -2.33. The first-order valence-corrected chi connectivity index (χ1v) is 7.15. The number of hydrogen-bond acceptors (Lipinski definition) is 4. The lowest BCUT2D eigenvalue weighted by molar-refractivity contribution is 0.0992. The zero-order valence-electron chi connectivity index (χ0n) is 10.7. The summed E-state index contributed by atoms with van der Waals surface area (Å²) in [6, 6.07) is 15.0. The molecule has 0 N–H and O–H groups in total. The van der Waals surface area contributed by atoms with Gasteiger partial charge in [0.2, 0.25) is 0 Å². The number of Topliss-reactive ketones (excluding diaryl/α,β-unsaturated/α-hetero) is 1. The molecule has 3 nitrogen and oxygen atoms in total. The smallest absolute Gasteiger partial charge is 0.168 e. The molecule has 0 amide bonds. The Labute approximate surface area is 121 Å². The normalized spacial score (nSPS) is 10.4. The lowest BCUT2D eigenvalue weighted by Gasteiger charge is -1.98. The molecule has 0 radical (unpaired) electrons. The Morgan fingerprint density at radius 3 is 2.60 bits per heavy atom. The van der Waals surface area contributed by atoms with Crippen LogP contribution in [-0.2, 0) is 6.42 Å². The molecule has 3 rings (SSSR count). The van der Waals surface area contributed by atoms with Crippen molar-refractivity contribution in [2.75, 3.05) is 0 Å². The van der Waals surface area contributed by atoms with Gasteiger partial charge in [0.05, 0.1) is 17.8 Å². The molecule has 98 valence electrons. The Morgan fingerprint density at radius 2 is 1.85 bits per heavy atom. The number of rotatable bonds is 4. The molecule has 2 heterocycles. The minimum atomic E-state index is 0.0865. The van der Waals surface area contributed by atoms with Gasteiger partial charge in [-0.15, -0.1) is 11.3 Å². The third-order valence-corrected chi connectivity index (χ3v) is 3.79. The fraction of sp³-hybridized carbons (Fsp3) is 0.0625. The maximum absolute atomic E-state index is 12.1. The van der Waals surface area contributed by atoms with E-state index in [1.807, 2.05) is 53.9 Å². The van der Waals surface area contributed by atoms with Gasteiger partial charge in [0.1, 0.15) is 5.01 Å². The van der Waals surface area contributed by atoms with Gasteiger partial charge < -0.3 is 0 Å². The first-order valence-electron chi connectivity index (χ1n) is 6.27.